The maximum Gasteiger partial charge on any atom is 0.244 e. The number of rotatable bonds is 5. The Morgan fingerprint density at radius 3 is 2.39 bits per heavy atom. The second kappa shape index (κ2) is 7.92. The lowest BCUT2D eigenvalue weighted by Crippen LogP contribution is -2.36. The van der Waals surface area contributed by atoms with Gasteiger partial charge in [-0.3, -0.25) is 9.59 Å². The third-order valence-electron chi connectivity index (χ3n) is 3.45. The van der Waals surface area contributed by atoms with Crippen LogP contribution in [0.3, 0.4) is 0 Å². The fourth-order valence-electron chi connectivity index (χ4n) is 2.21. The van der Waals surface area contributed by atoms with E-state index in [2.05, 4.69) is 28.2 Å². The van der Waals surface area contributed by atoms with E-state index in [1.807, 2.05) is 42.5 Å². The van der Waals surface area contributed by atoms with Crippen molar-refractivity contribution in [3.63, 3.8) is 0 Å². The SMILES string of the molecule is CCc1ccc(N(CC(=O)Nc2cccc(Br)c2)C(C)=O)cc1. The Kier molecular flexibility index (Phi) is 5.93. The summed E-state index contributed by atoms with van der Waals surface area (Å²) in [5, 5.41) is 2.80. The van der Waals surface area contributed by atoms with E-state index in [4.69, 9.17) is 0 Å². The molecule has 4 nitrogen and oxygen atoms in total. The molecule has 2 aromatic rings. The average Bonchev–Trinajstić information content (AvgIpc) is 2.52. The summed E-state index contributed by atoms with van der Waals surface area (Å²) in [6.07, 6.45) is 0.934. The first kappa shape index (κ1) is 17.2. The van der Waals surface area contributed by atoms with Crippen LogP contribution in [0.5, 0.6) is 0 Å². The molecule has 1 N–H and O–H groups in total. The van der Waals surface area contributed by atoms with Crippen molar-refractivity contribution < 1.29 is 9.59 Å². The van der Waals surface area contributed by atoms with Crippen molar-refractivity contribution in [2.45, 2.75) is 20.3 Å². The zero-order valence-electron chi connectivity index (χ0n) is 13.2. The Balaban J connectivity index is 2.09. The lowest BCUT2D eigenvalue weighted by atomic mass is 10.1. The van der Waals surface area contributed by atoms with Gasteiger partial charge in [-0.05, 0) is 42.3 Å². The molecule has 120 valence electrons. The molecule has 2 amide bonds. The quantitative estimate of drug-likeness (QED) is 0.859. The molecule has 23 heavy (non-hydrogen) atoms. The van der Waals surface area contributed by atoms with Crippen LogP contribution in [0.1, 0.15) is 19.4 Å². The molecule has 2 rings (SSSR count). The molecule has 0 atom stereocenters. The van der Waals surface area contributed by atoms with Crippen molar-refractivity contribution >= 4 is 39.1 Å². The number of amides is 2. The summed E-state index contributed by atoms with van der Waals surface area (Å²) in [7, 11) is 0. The fraction of sp³-hybridized carbons (Fsp3) is 0.222. The van der Waals surface area contributed by atoms with E-state index >= 15 is 0 Å². The van der Waals surface area contributed by atoms with Gasteiger partial charge >= 0.3 is 0 Å². The van der Waals surface area contributed by atoms with Crippen LogP contribution in [0.25, 0.3) is 0 Å². The van der Waals surface area contributed by atoms with Crippen molar-refractivity contribution in [1.82, 2.24) is 0 Å². The highest BCUT2D eigenvalue weighted by Gasteiger charge is 2.16. The summed E-state index contributed by atoms with van der Waals surface area (Å²) < 4.78 is 0.883. The third-order valence-corrected chi connectivity index (χ3v) is 3.94. The van der Waals surface area contributed by atoms with Gasteiger partial charge in [0.25, 0.3) is 0 Å². The smallest absolute Gasteiger partial charge is 0.244 e. The second-order valence-electron chi connectivity index (χ2n) is 5.18. The van der Waals surface area contributed by atoms with Crippen LogP contribution in [-0.4, -0.2) is 18.4 Å². The zero-order chi connectivity index (χ0) is 16.8. The maximum atomic E-state index is 12.2. The molecule has 0 saturated carbocycles. The average molecular weight is 375 g/mol. The normalized spacial score (nSPS) is 10.2. The predicted molar refractivity (Wildman–Crippen MR) is 96.6 cm³/mol. The minimum absolute atomic E-state index is 0.0205. The Morgan fingerprint density at radius 1 is 1.13 bits per heavy atom. The van der Waals surface area contributed by atoms with E-state index in [0.717, 1.165) is 16.6 Å². The van der Waals surface area contributed by atoms with E-state index in [9.17, 15) is 9.59 Å². The fourth-order valence-corrected chi connectivity index (χ4v) is 2.61. The van der Waals surface area contributed by atoms with Crippen LogP contribution < -0.4 is 10.2 Å². The molecular weight excluding hydrogens is 356 g/mol. The Hall–Kier alpha value is -2.14. The number of hydrogen-bond acceptors (Lipinski definition) is 2. The van der Waals surface area contributed by atoms with Crippen LogP contribution in [0.4, 0.5) is 11.4 Å². The van der Waals surface area contributed by atoms with Crippen molar-refractivity contribution in [2.75, 3.05) is 16.8 Å². The van der Waals surface area contributed by atoms with Crippen LogP contribution in [0.15, 0.2) is 53.0 Å². The molecule has 0 aliphatic rings. The van der Waals surface area contributed by atoms with Gasteiger partial charge in [-0.15, -0.1) is 0 Å². The number of nitrogens with zero attached hydrogens (tertiary/aromatic N) is 1. The van der Waals surface area contributed by atoms with Crippen LogP contribution in [0, 0.1) is 0 Å². The molecule has 0 heterocycles. The van der Waals surface area contributed by atoms with Crippen molar-refractivity contribution in [1.29, 1.82) is 0 Å². The maximum absolute atomic E-state index is 12.2. The first-order valence-electron chi connectivity index (χ1n) is 7.42. The largest absolute Gasteiger partial charge is 0.324 e. The highest BCUT2D eigenvalue weighted by atomic mass is 79.9. The first-order valence-corrected chi connectivity index (χ1v) is 8.21. The van der Waals surface area contributed by atoms with Gasteiger partial charge in [-0.2, -0.15) is 0 Å². The standard InChI is InChI=1S/C18H19BrN2O2/c1-3-14-7-9-17(10-8-14)21(13(2)22)12-18(23)20-16-6-4-5-15(19)11-16/h4-11H,3,12H2,1-2H3,(H,20,23). The number of carbonyl (C=O) groups is 2. The van der Waals surface area contributed by atoms with Crippen LogP contribution >= 0.6 is 15.9 Å². The summed E-state index contributed by atoms with van der Waals surface area (Å²) in [5.41, 5.74) is 2.60. The van der Waals surface area contributed by atoms with Gasteiger partial charge in [0.05, 0.1) is 0 Å². The first-order chi connectivity index (χ1) is 11.0. The lowest BCUT2D eigenvalue weighted by molar-refractivity contribution is -0.120. The molecule has 0 fully saturated rings. The van der Waals surface area contributed by atoms with Gasteiger partial charge in [0.15, 0.2) is 0 Å². The molecular formula is C18H19BrN2O2. The predicted octanol–water partition coefficient (Wildman–Crippen LogP) is 4.00. The van der Waals surface area contributed by atoms with Gasteiger partial charge in [0.1, 0.15) is 6.54 Å². The topological polar surface area (TPSA) is 49.4 Å². The van der Waals surface area contributed by atoms with E-state index in [-0.39, 0.29) is 18.4 Å². The van der Waals surface area contributed by atoms with Crippen molar-refractivity contribution in [3.8, 4) is 0 Å². The van der Waals surface area contributed by atoms with Gasteiger partial charge in [-0.1, -0.05) is 41.1 Å². The molecule has 2 aromatic carbocycles. The second-order valence-corrected chi connectivity index (χ2v) is 6.10. The molecule has 0 aromatic heterocycles. The minimum Gasteiger partial charge on any atom is -0.324 e. The van der Waals surface area contributed by atoms with Gasteiger partial charge in [-0.25, -0.2) is 0 Å². The molecule has 0 radical (unpaired) electrons. The number of hydrogen-bond donors (Lipinski definition) is 1. The van der Waals surface area contributed by atoms with E-state index < -0.39 is 0 Å². The van der Waals surface area contributed by atoms with Crippen LogP contribution in [0.2, 0.25) is 0 Å². The van der Waals surface area contributed by atoms with Crippen LogP contribution in [-0.2, 0) is 16.0 Å². The summed E-state index contributed by atoms with van der Waals surface area (Å²) in [4.78, 5) is 25.6. The zero-order valence-corrected chi connectivity index (χ0v) is 14.8. The van der Waals surface area contributed by atoms with E-state index in [1.54, 1.807) is 6.07 Å². The number of anilines is 2. The summed E-state index contributed by atoms with van der Waals surface area (Å²) >= 11 is 3.36. The van der Waals surface area contributed by atoms with Gasteiger partial charge in [0.2, 0.25) is 11.8 Å². The number of halogens is 1. The monoisotopic (exact) mass is 374 g/mol. The molecule has 0 saturated heterocycles. The molecule has 5 heteroatoms. The highest BCUT2D eigenvalue weighted by Crippen LogP contribution is 2.18. The Bertz CT molecular complexity index is 698. The molecule has 0 aliphatic heterocycles. The molecule has 0 unspecified atom stereocenters. The molecule has 0 spiro atoms. The summed E-state index contributed by atoms with van der Waals surface area (Å²) in [6.45, 7) is 3.51. The highest BCUT2D eigenvalue weighted by molar-refractivity contribution is 9.10. The third kappa shape index (κ3) is 4.93. The Morgan fingerprint density at radius 2 is 1.83 bits per heavy atom. The number of carbonyl (C=O) groups excluding carboxylic acids is 2. The summed E-state index contributed by atoms with van der Waals surface area (Å²) in [5.74, 6) is -0.406. The number of aryl methyl sites for hydroxylation is 1. The van der Waals surface area contributed by atoms with Crippen molar-refractivity contribution in [2.24, 2.45) is 0 Å². The van der Waals surface area contributed by atoms with E-state index in [1.165, 1.54) is 17.4 Å². The lowest BCUT2D eigenvalue weighted by Gasteiger charge is -2.21. The number of benzene rings is 2. The van der Waals surface area contributed by atoms with Crippen molar-refractivity contribution in [3.05, 3.63) is 58.6 Å². The number of nitrogens with one attached hydrogen (secondary N) is 1. The Labute approximate surface area is 144 Å². The summed E-state index contributed by atoms with van der Waals surface area (Å²) in [6, 6.07) is 15.0. The van der Waals surface area contributed by atoms with E-state index in [0.29, 0.717) is 5.69 Å². The molecule has 0 bridgehead atoms. The van der Waals surface area contributed by atoms with Gasteiger partial charge in [0, 0.05) is 22.8 Å². The molecule has 0 aliphatic carbocycles. The minimum atomic E-state index is -0.238. The van der Waals surface area contributed by atoms with Gasteiger partial charge < -0.3 is 10.2 Å².